The number of carbonyl (C=O) groups is 1. The summed E-state index contributed by atoms with van der Waals surface area (Å²) in [5.74, 6) is 0.914. The third kappa shape index (κ3) is 5.86. The first-order chi connectivity index (χ1) is 10.7. The van der Waals surface area contributed by atoms with Gasteiger partial charge in [-0.15, -0.1) is 22.0 Å². The molecule has 0 spiro atoms. The molecule has 0 aliphatic carbocycles. The zero-order chi connectivity index (χ0) is 15.8. The van der Waals surface area contributed by atoms with Gasteiger partial charge in [0.15, 0.2) is 4.34 Å². The van der Waals surface area contributed by atoms with E-state index < -0.39 is 0 Å². The van der Waals surface area contributed by atoms with Gasteiger partial charge in [0.25, 0.3) is 0 Å². The van der Waals surface area contributed by atoms with Gasteiger partial charge in [-0.25, -0.2) is 4.79 Å². The molecule has 2 rings (SSSR count). The third-order valence-electron chi connectivity index (χ3n) is 2.67. The number of aryl methyl sites for hydroxylation is 1. The molecular weight excluding hydrogens is 336 g/mol. The van der Waals surface area contributed by atoms with Crippen LogP contribution in [-0.2, 0) is 0 Å². The zero-order valence-corrected chi connectivity index (χ0v) is 14.9. The van der Waals surface area contributed by atoms with Gasteiger partial charge in [-0.2, -0.15) is 0 Å². The monoisotopic (exact) mass is 354 g/mol. The number of anilines is 1. The van der Waals surface area contributed by atoms with Crippen LogP contribution < -0.4 is 10.6 Å². The summed E-state index contributed by atoms with van der Waals surface area (Å²) in [4.78, 5) is 12.9. The van der Waals surface area contributed by atoms with Gasteiger partial charge >= 0.3 is 6.03 Å². The molecule has 2 amide bonds. The van der Waals surface area contributed by atoms with Crippen LogP contribution >= 0.6 is 34.9 Å². The average molecular weight is 355 g/mol. The Kier molecular flexibility index (Phi) is 7.01. The quantitative estimate of drug-likeness (QED) is 0.583. The molecule has 0 bridgehead atoms. The van der Waals surface area contributed by atoms with E-state index in [1.165, 1.54) is 0 Å². The second-order valence-electron chi connectivity index (χ2n) is 4.40. The van der Waals surface area contributed by atoms with E-state index in [1.807, 2.05) is 37.4 Å². The number of nitrogens with one attached hydrogen (secondary N) is 2. The molecule has 0 unspecified atom stereocenters. The van der Waals surface area contributed by atoms with Crippen molar-refractivity contribution in [2.24, 2.45) is 0 Å². The summed E-state index contributed by atoms with van der Waals surface area (Å²) < 4.78 is 0.982. The lowest BCUT2D eigenvalue weighted by molar-refractivity contribution is 0.252. The third-order valence-corrected chi connectivity index (χ3v) is 5.45. The zero-order valence-electron chi connectivity index (χ0n) is 12.5. The van der Waals surface area contributed by atoms with E-state index in [9.17, 15) is 4.79 Å². The van der Waals surface area contributed by atoms with Crippen LogP contribution in [0.5, 0.6) is 0 Å². The van der Waals surface area contributed by atoms with Crippen molar-refractivity contribution >= 4 is 46.6 Å². The number of urea groups is 1. The summed E-state index contributed by atoms with van der Waals surface area (Å²) in [6.07, 6.45) is 2.90. The Balaban J connectivity index is 1.63. The van der Waals surface area contributed by atoms with Gasteiger partial charge in [-0.3, -0.25) is 0 Å². The summed E-state index contributed by atoms with van der Waals surface area (Å²) in [6.45, 7) is 2.58. The van der Waals surface area contributed by atoms with Gasteiger partial charge < -0.3 is 10.6 Å². The smallest absolute Gasteiger partial charge is 0.319 e. The van der Waals surface area contributed by atoms with Crippen molar-refractivity contribution < 1.29 is 4.79 Å². The number of hydrogen-bond donors (Lipinski definition) is 2. The lowest BCUT2D eigenvalue weighted by Crippen LogP contribution is -2.29. The number of thioether (sulfide) groups is 2. The van der Waals surface area contributed by atoms with Gasteiger partial charge in [0, 0.05) is 22.9 Å². The predicted octanol–water partition coefficient (Wildman–Crippen LogP) is 3.87. The topological polar surface area (TPSA) is 66.9 Å². The lowest BCUT2D eigenvalue weighted by Gasteiger charge is -2.08. The Morgan fingerprint density at radius 2 is 2.23 bits per heavy atom. The first-order valence-corrected chi connectivity index (χ1v) is 9.82. The Hall–Kier alpha value is -1.25. The normalized spacial score (nSPS) is 10.5. The van der Waals surface area contributed by atoms with Crippen molar-refractivity contribution in [3.05, 3.63) is 29.3 Å². The van der Waals surface area contributed by atoms with Crippen LogP contribution in [-0.4, -0.2) is 34.8 Å². The van der Waals surface area contributed by atoms with Crippen LogP contribution in [0.2, 0.25) is 0 Å². The molecule has 8 heteroatoms. The highest BCUT2D eigenvalue weighted by Gasteiger charge is 2.03. The number of aromatic nitrogens is 2. The van der Waals surface area contributed by atoms with E-state index in [4.69, 9.17) is 0 Å². The van der Waals surface area contributed by atoms with Crippen molar-refractivity contribution in [1.82, 2.24) is 15.5 Å². The van der Waals surface area contributed by atoms with Crippen molar-refractivity contribution in [2.75, 3.05) is 23.9 Å². The maximum absolute atomic E-state index is 11.8. The molecule has 0 radical (unpaired) electrons. The van der Waals surface area contributed by atoms with Crippen molar-refractivity contribution in [2.45, 2.75) is 22.6 Å². The molecule has 5 nitrogen and oxygen atoms in total. The molecule has 22 heavy (non-hydrogen) atoms. The Bertz CT molecular complexity index is 618. The minimum Gasteiger partial charge on any atom is -0.338 e. The number of benzene rings is 1. The average Bonchev–Trinajstić information content (AvgIpc) is 2.92. The second-order valence-corrected chi connectivity index (χ2v) is 7.81. The predicted molar refractivity (Wildman–Crippen MR) is 95.2 cm³/mol. The number of carbonyl (C=O) groups excluding carboxylic acids is 1. The van der Waals surface area contributed by atoms with Crippen LogP contribution in [0.15, 0.2) is 33.5 Å². The van der Waals surface area contributed by atoms with Crippen LogP contribution in [0.1, 0.15) is 11.4 Å². The van der Waals surface area contributed by atoms with Gasteiger partial charge in [0.2, 0.25) is 0 Å². The van der Waals surface area contributed by atoms with Crippen molar-refractivity contribution in [1.29, 1.82) is 0 Å². The van der Waals surface area contributed by atoms with Crippen LogP contribution in [0.4, 0.5) is 10.5 Å². The Morgan fingerprint density at radius 1 is 1.36 bits per heavy atom. The number of nitrogens with zero attached hydrogens (tertiary/aromatic N) is 2. The van der Waals surface area contributed by atoms with Crippen LogP contribution in [0.3, 0.4) is 0 Å². The van der Waals surface area contributed by atoms with E-state index in [0.717, 1.165) is 32.1 Å². The van der Waals surface area contributed by atoms with Gasteiger partial charge in [-0.1, -0.05) is 29.2 Å². The number of rotatable bonds is 7. The molecule has 0 aliphatic heterocycles. The van der Waals surface area contributed by atoms with Crippen LogP contribution in [0.25, 0.3) is 0 Å². The van der Waals surface area contributed by atoms with E-state index in [-0.39, 0.29) is 6.03 Å². The Morgan fingerprint density at radius 3 is 2.95 bits per heavy atom. The summed E-state index contributed by atoms with van der Waals surface area (Å²) >= 11 is 4.92. The minimum absolute atomic E-state index is 0.171. The van der Waals surface area contributed by atoms with Gasteiger partial charge in [0.1, 0.15) is 5.01 Å². The molecule has 1 aromatic carbocycles. The molecule has 2 aromatic rings. The summed E-state index contributed by atoms with van der Waals surface area (Å²) in [5, 5.41) is 14.7. The maximum atomic E-state index is 11.8. The van der Waals surface area contributed by atoms with Gasteiger partial charge in [0.05, 0.1) is 0 Å². The molecule has 0 fully saturated rings. The molecule has 0 saturated carbocycles. The van der Waals surface area contributed by atoms with Crippen molar-refractivity contribution in [3.63, 3.8) is 0 Å². The molecule has 118 valence electrons. The highest BCUT2D eigenvalue weighted by molar-refractivity contribution is 8.01. The second kappa shape index (κ2) is 9.02. The van der Waals surface area contributed by atoms with Crippen molar-refractivity contribution in [3.8, 4) is 0 Å². The fraction of sp³-hybridized carbons (Fsp3) is 0.357. The largest absolute Gasteiger partial charge is 0.338 e. The molecule has 2 N–H and O–H groups in total. The molecule has 1 heterocycles. The first kappa shape index (κ1) is 17.1. The number of hydrogen-bond acceptors (Lipinski definition) is 6. The lowest BCUT2D eigenvalue weighted by atomic mass is 10.3. The SMILES string of the molecule is CSc1cccc(NC(=O)NCCCSc2nnc(C)s2)c1. The molecular formula is C14H18N4OS3. The summed E-state index contributed by atoms with van der Waals surface area (Å²) in [6, 6.07) is 7.61. The fourth-order valence-corrected chi connectivity index (χ4v) is 3.93. The standard InChI is InChI=1S/C14H18N4OS3/c1-10-17-18-14(22-10)21-8-4-7-15-13(19)16-11-5-3-6-12(9-11)20-2/h3,5-6,9H,4,7-8H2,1-2H3,(H2,15,16,19). The highest BCUT2D eigenvalue weighted by Crippen LogP contribution is 2.22. The van der Waals surface area contributed by atoms with E-state index in [0.29, 0.717) is 6.54 Å². The molecule has 0 aliphatic rings. The van der Waals surface area contributed by atoms with E-state index in [2.05, 4.69) is 20.8 Å². The summed E-state index contributed by atoms with van der Waals surface area (Å²) in [7, 11) is 0. The molecule has 0 atom stereocenters. The number of amides is 2. The van der Waals surface area contributed by atoms with Gasteiger partial charge in [-0.05, 0) is 37.8 Å². The molecule has 0 saturated heterocycles. The van der Waals surface area contributed by atoms with Crippen LogP contribution in [0, 0.1) is 6.92 Å². The summed E-state index contributed by atoms with van der Waals surface area (Å²) in [5.41, 5.74) is 0.808. The maximum Gasteiger partial charge on any atom is 0.319 e. The van der Waals surface area contributed by atoms with E-state index >= 15 is 0 Å². The Labute approximate surface area is 142 Å². The molecule has 1 aromatic heterocycles. The van der Waals surface area contributed by atoms with E-state index in [1.54, 1.807) is 34.9 Å². The fourth-order valence-electron chi connectivity index (χ4n) is 1.65. The minimum atomic E-state index is -0.171. The first-order valence-electron chi connectivity index (χ1n) is 6.79. The highest BCUT2D eigenvalue weighted by atomic mass is 32.2.